The number of rotatable bonds is 7. The van der Waals surface area contributed by atoms with E-state index in [0.717, 1.165) is 39.3 Å². The molecule has 2 atom stereocenters. The van der Waals surface area contributed by atoms with Gasteiger partial charge in [-0.05, 0) is 37.1 Å². The first kappa shape index (κ1) is 18.2. The van der Waals surface area contributed by atoms with Gasteiger partial charge in [-0.3, -0.25) is 9.80 Å². The number of ether oxygens (including phenoxy) is 2. The van der Waals surface area contributed by atoms with Crippen molar-refractivity contribution in [2.75, 3.05) is 52.5 Å². The lowest BCUT2D eigenvalue weighted by atomic mass is 10.2. The third-order valence-electron chi connectivity index (χ3n) is 4.85. The van der Waals surface area contributed by atoms with E-state index in [1.807, 2.05) is 0 Å². The molecule has 1 aromatic rings. The van der Waals surface area contributed by atoms with Crippen LogP contribution in [0.15, 0.2) is 24.3 Å². The van der Waals surface area contributed by atoms with Crippen LogP contribution in [0.4, 0.5) is 0 Å². The van der Waals surface area contributed by atoms with Gasteiger partial charge in [-0.25, -0.2) is 0 Å². The summed E-state index contributed by atoms with van der Waals surface area (Å²) in [6, 6.07) is 9.03. The Morgan fingerprint density at radius 3 is 2.56 bits per heavy atom. The van der Waals surface area contributed by atoms with Gasteiger partial charge in [0.2, 0.25) is 0 Å². The van der Waals surface area contributed by atoms with Crippen LogP contribution >= 0.6 is 0 Å². The monoisotopic (exact) mass is 345 g/mol. The maximum absolute atomic E-state index is 10.2. The minimum absolute atomic E-state index is 0.266. The van der Waals surface area contributed by atoms with Crippen molar-refractivity contribution in [3.05, 3.63) is 29.8 Å². The number of β-amino-alcohol motifs (C(OH)–C–C–N with tert-alkyl or cyclic N) is 1. The maximum Gasteiger partial charge on any atom is 0.119 e. The van der Waals surface area contributed by atoms with E-state index in [2.05, 4.69) is 15.9 Å². The van der Waals surface area contributed by atoms with Crippen molar-refractivity contribution >= 4 is 0 Å². The van der Waals surface area contributed by atoms with Crippen LogP contribution in [0.2, 0.25) is 0 Å². The summed E-state index contributed by atoms with van der Waals surface area (Å²) in [6.45, 7) is 6.85. The molecule has 3 rings (SSSR count). The third kappa shape index (κ3) is 5.68. The van der Waals surface area contributed by atoms with Gasteiger partial charge in [0.05, 0.1) is 17.7 Å². The van der Waals surface area contributed by atoms with Gasteiger partial charge in [0.1, 0.15) is 18.5 Å². The van der Waals surface area contributed by atoms with Crippen molar-refractivity contribution in [1.29, 1.82) is 5.26 Å². The van der Waals surface area contributed by atoms with E-state index in [1.165, 1.54) is 12.8 Å². The Hall–Kier alpha value is -1.65. The number of nitriles is 1. The van der Waals surface area contributed by atoms with Gasteiger partial charge >= 0.3 is 0 Å². The summed E-state index contributed by atoms with van der Waals surface area (Å²) in [4.78, 5) is 4.75. The zero-order valence-corrected chi connectivity index (χ0v) is 14.6. The first-order chi connectivity index (χ1) is 12.2. The second kappa shape index (κ2) is 9.16. The number of aliphatic hydroxyl groups is 1. The molecule has 0 aliphatic carbocycles. The van der Waals surface area contributed by atoms with Crippen LogP contribution in [0.1, 0.15) is 18.4 Å². The Kier molecular flexibility index (Phi) is 6.65. The molecular formula is C19H27N3O3. The predicted octanol–water partition coefficient (Wildman–Crippen LogP) is 1.09. The summed E-state index contributed by atoms with van der Waals surface area (Å²) in [5.74, 6) is 0.680. The molecule has 136 valence electrons. The van der Waals surface area contributed by atoms with Gasteiger partial charge in [-0.1, -0.05) is 0 Å². The summed E-state index contributed by atoms with van der Waals surface area (Å²) in [5.41, 5.74) is 0.605. The second-order valence-electron chi connectivity index (χ2n) is 6.84. The Bertz CT molecular complexity index is 558. The molecule has 1 N–H and O–H groups in total. The minimum Gasteiger partial charge on any atom is -0.491 e. The summed E-state index contributed by atoms with van der Waals surface area (Å²) in [5, 5.41) is 19.0. The molecule has 25 heavy (non-hydrogen) atoms. The quantitative estimate of drug-likeness (QED) is 0.798. The number of hydrogen-bond acceptors (Lipinski definition) is 6. The van der Waals surface area contributed by atoms with Crippen LogP contribution < -0.4 is 4.74 Å². The fourth-order valence-electron chi connectivity index (χ4n) is 3.40. The van der Waals surface area contributed by atoms with Crippen molar-refractivity contribution in [2.45, 2.75) is 25.0 Å². The predicted molar refractivity (Wildman–Crippen MR) is 94.5 cm³/mol. The van der Waals surface area contributed by atoms with Crippen molar-refractivity contribution in [2.24, 2.45) is 0 Å². The first-order valence-electron chi connectivity index (χ1n) is 9.10. The Morgan fingerprint density at radius 1 is 1.20 bits per heavy atom. The molecule has 2 aliphatic heterocycles. The van der Waals surface area contributed by atoms with E-state index < -0.39 is 6.10 Å². The van der Waals surface area contributed by atoms with Crippen LogP contribution in [0, 0.1) is 11.3 Å². The lowest BCUT2D eigenvalue weighted by molar-refractivity contribution is 0.0263. The minimum atomic E-state index is -0.514. The highest BCUT2D eigenvalue weighted by Gasteiger charge is 2.23. The largest absolute Gasteiger partial charge is 0.491 e. The van der Waals surface area contributed by atoms with Gasteiger partial charge in [-0.2, -0.15) is 5.26 Å². The van der Waals surface area contributed by atoms with Crippen LogP contribution in [-0.2, 0) is 4.74 Å². The highest BCUT2D eigenvalue weighted by atomic mass is 16.5. The topological polar surface area (TPSA) is 69.0 Å². The molecule has 2 aliphatic rings. The highest BCUT2D eigenvalue weighted by Crippen LogP contribution is 2.15. The molecular weight excluding hydrogens is 318 g/mol. The Balaban J connectivity index is 1.33. The van der Waals surface area contributed by atoms with Crippen molar-refractivity contribution in [1.82, 2.24) is 9.80 Å². The van der Waals surface area contributed by atoms with E-state index in [4.69, 9.17) is 14.7 Å². The smallest absolute Gasteiger partial charge is 0.119 e. The van der Waals surface area contributed by atoms with Crippen molar-refractivity contribution < 1.29 is 14.6 Å². The molecule has 6 heteroatoms. The number of benzene rings is 1. The van der Waals surface area contributed by atoms with E-state index in [-0.39, 0.29) is 6.61 Å². The van der Waals surface area contributed by atoms with Crippen LogP contribution in [0.5, 0.6) is 5.75 Å². The average Bonchev–Trinajstić information content (AvgIpc) is 3.15. The molecule has 0 saturated carbocycles. The summed E-state index contributed by atoms with van der Waals surface area (Å²) in [6.07, 6.45) is 2.28. The molecule has 0 aromatic heterocycles. The van der Waals surface area contributed by atoms with Gasteiger partial charge < -0.3 is 14.6 Å². The normalized spacial score (nSPS) is 23.3. The van der Waals surface area contributed by atoms with E-state index >= 15 is 0 Å². The maximum atomic E-state index is 10.2. The Morgan fingerprint density at radius 2 is 1.92 bits per heavy atom. The summed E-state index contributed by atoms with van der Waals surface area (Å²) < 4.78 is 11.3. The zero-order chi connectivity index (χ0) is 17.5. The van der Waals surface area contributed by atoms with Gasteiger partial charge in [0.15, 0.2) is 0 Å². The lowest BCUT2D eigenvalue weighted by Gasteiger charge is -2.36. The SMILES string of the molecule is N#Cc1ccc(OC[C@H](O)CN2CCN(C[C@H]3CCCO3)CC2)cc1. The number of hydrogen-bond donors (Lipinski definition) is 1. The molecule has 0 radical (unpaired) electrons. The highest BCUT2D eigenvalue weighted by molar-refractivity contribution is 5.34. The molecule has 2 saturated heterocycles. The second-order valence-corrected chi connectivity index (χ2v) is 6.84. The molecule has 0 spiro atoms. The Labute approximate surface area is 149 Å². The number of nitrogens with zero attached hydrogens (tertiary/aromatic N) is 3. The standard InChI is InChI=1S/C19H27N3O3/c20-12-16-3-5-18(6-4-16)25-15-17(23)13-21-7-9-22(10-8-21)14-19-2-1-11-24-19/h3-6,17,19,23H,1-2,7-11,13-15H2/t17-,19-/m1/s1. The molecule has 1 aromatic carbocycles. The van der Waals surface area contributed by atoms with E-state index in [1.54, 1.807) is 24.3 Å². The fraction of sp³-hybridized carbons (Fsp3) is 0.632. The average molecular weight is 345 g/mol. The summed E-state index contributed by atoms with van der Waals surface area (Å²) >= 11 is 0. The molecule has 2 heterocycles. The number of aliphatic hydroxyl groups excluding tert-OH is 1. The zero-order valence-electron chi connectivity index (χ0n) is 14.6. The molecule has 6 nitrogen and oxygen atoms in total. The van der Waals surface area contributed by atoms with Gasteiger partial charge in [0, 0.05) is 45.9 Å². The lowest BCUT2D eigenvalue weighted by Crippen LogP contribution is -2.50. The molecule has 0 unspecified atom stereocenters. The van der Waals surface area contributed by atoms with E-state index in [0.29, 0.717) is 24.0 Å². The van der Waals surface area contributed by atoms with Crippen LogP contribution in [0.3, 0.4) is 0 Å². The van der Waals surface area contributed by atoms with Gasteiger partial charge in [0.25, 0.3) is 0 Å². The molecule has 0 bridgehead atoms. The number of piperazine rings is 1. The molecule has 0 amide bonds. The third-order valence-corrected chi connectivity index (χ3v) is 4.85. The first-order valence-corrected chi connectivity index (χ1v) is 9.10. The fourth-order valence-corrected chi connectivity index (χ4v) is 3.40. The van der Waals surface area contributed by atoms with Gasteiger partial charge in [-0.15, -0.1) is 0 Å². The molecule has 2 fully saturated rings. The van der Waals surface area contributed by atoms with E-state index in [9.17, 15) is 5.11 Å². The summed E-state index contributed by atoms with van der Waals surface area (Å²) in [7, 11) is 0. The van der Waals surface area contributed by atoms with Crippen molar-refractivity contribution in [3.63, 3.8) is 0 Å². The van der Waals surface area contributed by atoms with Crippen molar-refractivity contribution in [3.8, 4) is 11.8 Å². The van der Waals surface area contributed by atoms with Crippen LogP contribution in [-0.4, -0.2) is 79.6 Å². The van der Waals surface area contributed by atoms with Crippen LogP contribution in [0.25, 0.3) is 0 Å².